The predicted molar refractivity (Wildman–Crippen MR) is 162 cm³/mol. The summed E-state index contributed by atoms with van der Waals surface area (Å²) < 4.78 is 13.3. The molecule has 0 spiro atoms. The lowest BCUT2D eigenvalue weighted by Gasteiger charge is -2.30. The summed E-state index contributed by atoms with van der Waals surface area (Å²) in [7, 11) is 0. The summed E-state index contributed by atoms with van der Waals surface area (Å²) in [5.74, 6) is -4.54. The van der Waals surface area contributed by atoms with Crippen LogP contribution in [0.15, 0.2) is 72.8 Å². The third-order valence-corrected chi connectivity index (χ3v) is 7.79. The number of carboxylic acids is 2. The zero-order valence-electron chi connectivity index (χ0n) is 24.5. The van der Waals surface area contributed by atoms with Gasteiger partial charge in [-0.2, -0.15) is 0 Å². The van der Waals surface area contributed by atoms with Crippen LogP contribution in [0.1, 0.15) is 72.9 Å². The van der Waals surface area contributed by atoms with Crippen LogP contribution in [0.5, 0.6) is 0 Å². The molecule has 0 bridgehead atoms. The molecule has 0 radical (unpaired) electrons. The van der Waals surface area contributed by atoms with E-state index in [-0.39, 0.29) is 24.9 Å². The number of benzene rings is 3. The number of hydrogen-bond acceptors (Lipinski definition) is 6. The van der Waals surface area contributed by atoms with E-state index in [1.165, 1.54) is 12.1 Å². The van der Waals surface area contributed by atoms with Crippen molar-refractivity contribution in [2.45, 2.75) is 69.6 Å². The Kier molecular flexibility index (Phi) is 13.5. The Morgan fingerprint density at radius 1 is 0.727 bits per heavy atom. The summed E-state index contributed by atoms with van der Waals surface area (Å²) in [6.07, 6.45) is 2.50. The highest BCUT2D eigenvalue weighted by molar-refractivity contribution is 5.92. The van der Waals surface area contributed by atoms with E-state index in [1.54, 1.807) is 17.0 Å². The zero-order valence-corrected chi connectivity index (χ0v) is 24.5. The lowest BCUT2D eigenvalue weighted by atomic mass is 9.94. The first kappa shape index (κ1) is 34.4. The molecule has 3 rings (SSSR count). The summed E-state index contributed by atoms with van der Waals surface area (Å²) in [6.45, 7) is -0.307. The van der Waals surface area contributed by atoms with E-state index in [2.05, 4.69) is 0 Å². The summed E-state index contributed by atoms with van der Waals surface area (Å²) in [4.78, 5) is 36.4. The van der Waals surface area contributed by atoms with Gasteiger partial charge in [-0.05, 0) is 97.9 Å². The molecule has 1 unspecified atom stereocenters. The third kappa shape index (κ3) is 10.3. The van der Waals surface area contributed by atoms with Gasteiger partial charge < -0.3 is 30.4 Å². The van der Waals surface area contributed by atoms with E-state index >= 15 is 0 Å². The number of nitrogens with zero attached hydrogens (tertiary/aromatic N) is 1. The minimum atomic E-state index is -1.45. The van der Waals surface area contributed by atoms with E-state index in [0.29, 0.717) is 56.2 Å². The molecule has 3 aromatic carbocycles. The molecule has 3 atom stereocenters. The molecule has 0 heterocycles. The van der Waals surface area contributed by atoms with E-state index in [4.69, 9.17) is 15.3 Å². The number of carbonyl (C=O) groups excluding carboxylic acids is 1. The van der Waals surface area contributed by atoms with E-state index in [1.807, 2.05) is 48.5 Å². The number of aliphatic carboxylic acids is 2. The Morgan fingerprint density at radius 2 is 1.30 bits per heavy atom. The van der Waals surface area contributed by atoms with E-state index in [0.717, 1.165) is 23.1 Å². The second kappa shape index (κ2) is 17.2. The molecular formula is C34H40FNO8. The summed E-state index contributed by atoms with van der Waals surface area (Å²) in [5, 5.41) is 47.6. The van der Waals surface area contributed by atoms with E-state index < -0.39 is 30.1 Å². The van der Waals surface area contributed by atoms with Gasteiger partial charge in [0.05, 0.1) is 24.9 Å². The SMILES string of the molecule is O=CN(c1ccc(CCC(O)CO)cc1)[C@@H](CCC[C@H](O)c1ccc(F)cc1)c1ccc(CCCC(C(=O)O)C(=O)O)cc1. The molecule has 3 aromatic rings. The quantitative estimate of drug-likeness (QED) is 0.0956. The lowest BCUT2D eigenvalue weighted by molar-refractivity contribution is -0.154. The summed E-state index contributed by atoms with van der Waals surface area (Å²) >= 11 is 0. The minimum Gasteiger partial charge on any atom is -0.481 e. The van der Waals surface area contributed by atoms with Crippen LogP contribution >= 0.6 is 0 Å². The van der Waals surface area contributed by atoms with Crippen LogP contribution in [-0.4, -0.2) is 56.6 Å². The topological polar surface area (TPSA) is 156 Å². The fourth-order valence-corrected chi connectivity index (χ4v) is 5.17. The fraction of sp³-hybridized carbons (Fsp3) is 0.382. The minimum absolute atomic E-state index is 0.0132. The van der Waals surface area contributed by atoms with Gasteiger partial charge in [0.15, 0.2) is 5.92 Å². The Balaban J connectivity index is 1.76. The van der Waals surface area contributed by atoms with Crippen LogP contribution in [0.3, 0.4) is 0 Å². The highest BCUT2D eigenvalue weighted by atomic mass is 19.1. The van der Waals surface area contributed by atoms with Crippen molar-refractivity contribution in [2.75, 3.05) is 11.5 Å². The molecule has 0 aromatic heterocycles. The van der Waals surface area contributed by atoms with Crippen molar-refractivity contribution >= 4 is 24.0 Å². The van der Waals surface area contributed by atoms with Crippen molar-refractivity contribution in [3.05, 3.63) is 101 Å². The molecule has 0 fully saturated rings. The van der Waals surface area contributed by atoms with Crippen molar-refractivity contribution in [2.24, 2.45) is 5.92 Å². The number of hydrogen-bond donors (Lipinski definition) is 5. The van der Waals surface area contributed by atoms with Crippen molar-refractivity contribution in [1.29, 1.82) is 0 Å². The number of carboxylic acid groups (broad SMARTS) is 2. The maximum Gasteiger partial charge on any atom is 0.317 e. The fourth-order valence-electron chi connectivity index (χ4n) is 5.17. The van der Waals surface area contributed by atoms with Crippen LogP contribution in [0.2, 0.25) is 0 Å². The first-order valence-electron chi connectivity index (χ1n) is 14.7. The number of aliphatic hydroxyl groups is 3. The van der Waals surface area contributed by atoms with E-state index in [9.17, 15) is 29.0 Å². The average Bonchev–Trinajstić information content (AvgIpc) is 3.02. The number of aliphatic hydroxyl groups excluding tert-OH is 3. The first-order chi connectivity index (χ1) is 21.1. The molecule has 0 saturated heterocycles. The number of anilines is 1. The predicted octanol–water partition coefficient (Wildman–Crippen LogP) is 4.83. The maximum atomic E-state index is 13.3. The van der Waals surface area contributed by atoms with Gasteiger partial charge in [0, 0.05) is 5.69 Å². The highest BCUT2D eigenvalue weighted by Gasteiger charge is 2.25. The van der Waals surface area contributed by atoms with Gasteiger partial charge in [-0.15, -0.1) is 0 Å². The Hall–Kier alpha value is -4.12. The molecular weight excluding hydrogens is 569 g/mol. The summed E-state index contributed by atoms with van der Waals surface area (Å²) in [6, 6.07) is 20.2. The van der Waals surface area contributed by atoms with Crippen molar-refractivity contribution in [3.63, 3.8) is 0 Å². The standard InChI is InChI=1S/C34H40FNO8/c35-27-16-14-26(15-17-27)32(40)6-2-5-31(36(22-38)28-18-9-24(10-19-28)11-20-29(39)21-37)25-12-7-23(8-13-25)3-1-4-30(33(41)42)34(43)44/h7-10,12-19,22,29-32,37,39-40H,1-6,11,20-21H2,(H,41,42)(H,43,44)/t29?,31-,32-/m0/s1. The van der Waals surface area contributed by atoms with Gasteiger partial charge >= 0.3 is 11.9 Å². The number of halogens is 1. The van der Waals surface area contributed by atoms with Crippen molar-refractivity contribution < 1.29 is 44.3 Å². The second-order valence-electron chi connectivity index (χ2n) is 10.9. The van der Waals surface area contributed by atoms with Gasteiger partial charge in [0.2, 0.25) is 6.41 Å². The van der Waals surface area contributed by atoms with Crippen LogP contribution in [0.25, 0.3) is 0 Å². The largest absolute Gasteiger partial charge is 0.481 e. The molecule has 9 nitrogen and oxygen atoms in total. The van der Waals surface area contributed by atoms with Crippen LogP contribution in [0.4, 0.5) is 10.1 Å². The second-order valence-corrected chi connectivity index (χ2v) is 10.9. The normalized spacial score (nSPS) is 13.3. The first-order valence-corrected chi connectivity index (χ1v) is 14.7. The third-order valence-electron chi connectivity index (χ3n) is 7.79. The Morgan fingerprint density at radius 3 is 1.86 bits per heavy atom. The van der Waals surface area contributed by atoms with Gasteiger partial charge in [-0.1, -0.05) is 48.5 Å². The summed E-state index contributed by atoms with van der Waals surface area (Å²) in [5.41, 5.74) is 3.97. The van der Waals surface area contributed by atoms with Gasteiger partial charge in [-0.3, -0.25) is 14.4 Å². The molecule has 10 heteroatoms. The van der Waals surface area contributed by atoms with Crippen LogP contribution in [-0.2, 0) is 27.2 Å². The van der Waals surface area contributed by atoms with Crippen molar-refractivity contribution in [3.8, 4) is 0 Å². The lowest BCUT2D eigenvalue weighted by Crippen LogP contribution is -2.27. The van der Waals surface area contributed by atoms with Crippen molar-refractivity contribution in [1.82, 2.24) is 0 Å². The zero-order chi connectivity index (χ0) is 32.1. The molecule has 5 N–H and O–H groups in total. The van der Waals surface area contributed by atoms with Gasteiger partial charge in [-0.25, -0.2) is 4.39 Å². The maximum absolute atomic E-state index is 13.3. The molecule has 0 aliphatic carbocycles. The molecule has 44 heavy (non-hydrogen) atoms. The molecule has 0 saturated carbocycles. The Bertz CT molecular complexity index is 1320. The number of carbonyl (C=O) groups is 3. The molecule has 236 valence electrons. The Labute approximate surface area is 256 Å². The molecule has 0 aliphatic heterocycles. The number of rotatable bonds is 19. The van der Waals surface area contributed by atoms with Crippen LogP contribution in [0, 0.1) is 11.7 Å². The van der Waals surface area contributed by atoms with Gasteiger partial charge in [0.1, 0.15) is 5.82 Å². The monoisotopic (exact) mass is 609 g/mol. The average molecular weight is 610 g/mol. The van der Waals surface area contributed by atoms with Gasteiger partial charge in [0.25, 0.3) is 0 Å². The molecule has 0 aliphatic rings. The molecule has 1 amide bonds. The number of amides is 1. The number of aryl methyl sites for hydroxylation is 2. The smallest absolute Gasteiger partial charge is 0.317 e. The van der Waals surface area contributed by atoms with Crippen LogP contribution < -0.4 is 4.90 Å². The highest BCUT2D eigenvalue weighted by Crippen LogP contribution is 2.32.